The zero-order valence-electron chi connectivity index (χ0n) is 11.9. The first-order valence-electron chi connectivity index (χ1n) is 6.20. The topological polar surface area (TPSA) is 73.2 Å². The highest BCUT2D eigenvalue weighted by molar-refractivity contribution is 7.20. The van der Waals surface area contributed by atoms with Crippen LogP contribution in [0.4, 0.5) is 0 Å². The molecule has 2 heterocycles. The van der Waals surface area contributed by atoms with Gasteiger partial charge in [-0.3, -0.25) is 9.59 Å². The molecule has 0 aliphatic rings. The molecule has 0 bridgehead atoms. The van der Waals surface area contributed by atoms with Crippen LogP contribution in [0.1, 0.15) is 22.2 Å². The van der Waals surface area contributed by atoms with Gasteiger partial charge >= 0.3 is 0 Å². The maximum absolute atomic E-state index is 12.2. The summed E-state index contributed by atoms with van der Waals surface area (Å²) in [6.07, 6.45) is 1.47. The molecular weight excluding hydrogens is 278 g/mol. The Morgan fingerprint density at radius 1 is 1.60 bits per heavy atom. The van der Waals surface area contributed by atoms with Crippen molar-refractivity contribution in [3.63, 3.8) is 0 Å². The van der Waals surface area contributed by atoms with Gasteiger partial charge in [0.05, 0.1) is 23.2 Å². The Labute approximate surface area is 120 Å². The molecule has 2 rings (SSSR count). The van der Waals surface area contributed by atoms with E-state index in [1.54, 1.807) is 21.1 Å². The van der Waals surface area contributed by atoms with Crippen molar-refractivity contribution in [2.75, 3.05) is 13.7 Å². The lowest BCUT2D eigenvalue weighted by molar-refractivity contribution is 0.0909. The first-order chi connectivity index (χ1) is 9.45. The van der Waals surface area contributed by atoms with Crippen LogP contribution in [0.15, 0.2) is 11.1 Å². The number of carbonyl (C=O) groups excluding carboxylic acids is 1. The van der Waals surface area contributed by atoms with E-state index in [9.17, 15) is 9.59 Å². The largest absolute Gasteiger partial charge is 0.383 e. The highest BCUT2D eigenvalue weighted by atomic mass is 32.1. The Balaban J connectivity index is 2.41. The van der Waals surface area contributed by atoms with Crippen LogP contribution in [0.25, 0.3) is 10.2 Å². The number of aromatic nitrogens is 2. The Hall–Kier alpha value is -1.73. The number of methoxy groups -OCH3 is 1. The van der Waals surface area contributed by atoms with E-state index in [0.29, 0.717) is 27.3 Å². The van der Waals surface area contributed by atoms with Crippen molar-refractivity contribution in [2.24, 2.45) is 7.05 Å². The van der Waals surface area contributed by atoms with Gasteiger partial charge < -0.3 is 14.6 Å². The predicted octanol–water partition coefficient (Wildman–Crippen LogP) is 1.07. The van der Waals surface area contributed by atoms with Gasteiger partial charge in [0.15, 0.2) is 0 Å². The SMILES string of the molecule is COCC(C)NC(=O)c1sc2ncn(C)c(=O)c2c1C. The second-order valence-corrected chi connectivity index (χ2v) is 5.73. The van der Waals surface area contributed by atoms with Crippen LogP contribution in [0.2, 0.25) is 0 Å². The van der Waals surface area contributed by atoms with Crippen LogP contribution in [0, 0.1) is 6.92 Å². The molecule has 0 saturated carbocycles. The highest BCUT2D eigenvalue weighted by Gasteiger charge is 2.19. The standard InChI is InChI=1S/C13H17N3O3S/c1-7(5-19-4)15-11(17)10-8(2)9-12(20-10)14-6-16(3)13(9)18/h6-7H,5H2,1-4H3,(H,15,17). The van der Waals surface area contributed by atoms with Crippen molar-refractivity contribution in [2.45, 2.75) is 19.9 Å². The zero-order chi connectivity index (χ0) is 14.9. The fraction of sp³-hybridized carbons (Fsp3) is 0.462. The summed E-state index contributed by atoms with van der Waals surface area (Å²) >= 11 is 1.24. The molecule has 108 valence electrons. The second-order valence-electron chi connectivity index (χ2n) is 4.73. The number of rotatable bonds is 4. The average Bonchev–Trinajstić information content (AvgIpc) is 2.72. The quantitative estimate of drug-likeness (QED) is 0.915. The third-order valence-electron chi connectivity index (χ3n) is 3.01. The van der Waals surface area contributed by atoms with E-state index in [2.05, 4.69) is 10.3 Å². The molecule has 2 aromatic heterocycles. The molecule has 1 N–H and O–H groups in total. The lowest BCUT2D eigenvalue weighted by Gasteiger charge is -2.11. The van der Waals surface area contributed by atoms with Crippen molar-refractivity contribution >= 4 is 27.5 Å². The minimum Gasteiger partial charge on any atom is -0.383 e. The Bertz CT molecular complexity index is 705. The molecule has 0 fully saturated rings. The van der Waals surface area contributed by atoms with Gasteiger partial charge in [-0.15, -0.1) is 11.3 Å². The van der Waals surface area contributed by atoms with Crippen molar-refractivity contribution < 1.29 is 9.53 Å². The van der Waals surface area contributed by atoms with E-state index in [1.807, 2.05) is 6.92 Å². The molecule has 7 heteroatoms. The van der Waals surface area contributed by atoms with Crippen molar-refractivity contribution in [3.05, 3.63) is 27.1 Å². The third-order valence-corrected chi connectivity index (χ3v) is 4.21. The third kappa shape index (κ3) is 2.59. The van der Waals surface area contributed by atoms with Gasteiger partial charge in [-0.05, 0) is 19.4 Å². The molecule has 20 heavy (non-hydrogen) atoms. The molecule has 0 spiro atoms. The molecule has 0 aliphatic heterocycles. The van der Waals surface area contributed by atoms with E-state index < -0.39 is 0 Å². The Morgan fingerprint density at radius 2 is 2.30 bits per heavy atom. The number of carbonyl (C=O) groups is 1. The number of nitrogens with one attached hydrogen (secondary N) is 1. The fourth-order valence-corrected chi connectivity index (χ4v) is 3.05. The van der Waals surface area contributed by atoms with Gasteiger partial charge in [0.25, 0.3) is 11.5 Å². The van der Waals surface area contributed by atoms with Gasteiger partial charge in [0.2, 0.25) is 0 Å². The first-order valence-corrected chi connectivity index (χ1v) is 7.02. The molecule has 2 aromatic rings. The molecule has 6 nitrogen and oxygen atoms in total. The summed E-state index contributed by atoms with van der Waals surface area (Å²) in [5.74, 6) is -0.197. The number of fused-ring (bicyclic) bond motifs is 1. The van der Waals surface area contributed by atoms with E-state index in [4.69, 9.17) is 4.74 Å². The maximum atomic E-state index is 12.2. The lowest BCUT2D eigenvalue weighted by atomic mass is 10.2. The molecular formula is C13H17N3O3S. The predicted molar refractivity (Wildman–Crippen MR) is 78.4 cm³/mol. The molecule has 1 unspecified atom stereocenters. The van der Waals surface area contributed by atoms with Gasteiger partial charge in [-0.1, -0.05) is 0 Å². The Morgan fingerprint density at radius 3 is 2.95 bits per heavy atom. The maximum Gasteiger partial charge on any atom is 0.262 e. The number of ether oxygens (including phenoxy) is 1. The molecule has 1 amide bonds. The van der Waals surface area contributed by atoms with Crippen LogP contribution >= 0.6 is 11.3 Å². The van der Waals surface area contributed by atoms with E-state index in [1.165, 1.54) is 22.2 Å². The van der Waals surface area contributed by atoms with Crippen LogP contribution in [-0.4, -0.2) is 35.2 Å². The number of amides is 1. The number of thiophene rings is 1. The number of nitrogens with zero attached hydrogens (tertiary/aromatic N) is 2. The zero-order valence-corrected chi connectivity index (χ0v) is 12.7. The van der Waals surface area contributed by atoms with Gasteiger partial charge in [-0.2, -0.15) is 0 Å². The van der Waals surface area contributed by atoms with Crippen LogP contribution in [-0.2, 0) is 11.8 Å². The molecule has 0 saturated heterocycles. The van der Waals surface area contributed by atoms with Crippen molar-refractivity contribution in [1.82, 2.24) is 14.9 Å². The summed E-state index contributed by atoms with van der Waals surface area (Å²) in [5.41, 5.74) is 0.550. The van der Waals surface area contributed by atoms with Gasteiger partial charge in [-0.25, -0.2) is 4.98 Å². The summed E-state index contributed by atoms with van der Waals surface area (Å²) in [7, 11) is 3.23. The minimum atomic E-state index is -0.197. The van der Waals surface area contributed by atoms with Crippen LogP contribution < -0.4 is 10.9 Å². The van der Waals surface area contributed by atoms with Crippen LogP contribution in [0.5, 0.6) is 0 Å². The number of aryl methyl sites for hydroxylation is 2. The number of hydrogen-bond acceptors (Lipinski definition) is 5. The lowest BCUT2D eigenvalue weighted by Crippen LogP contribution is -2.35. The normalized spacial score (nSPS) is 12.6. The smallest absolute Gasteiger partial charge is 0.262 e. The Kier molecular flexibility index (Phi) is 4.20. The van der Waals surface area contributed by atoms with Gasteiger partial charge in [0.1, 0.15) is 4.83 Å². The molecule has 1 atom stereocenters. The van der Waals surface area contributed by atoms with E-state index in [-0.39, 0.29) is 17.5 Å². The summed E-state index contributed by atoms with van der Waals surface area (Å²) in [6, 6.07) is -0.0899. The van der Waals surface area contributed by atoms with Gasteiger partial charge in [0, 0.05) is 20.2 Å². The second kappa shape index (κ2) is 5.72. The summed E-state index contributed by atoms with van der Waals surface area (Å²) < 4.78 is 6.40. The highest BCUT2D eigenvalue weighted by Crippen LogP contribution is 2.26. The van der Waals surface area contributed by atoms with Crippen LogP contribution in [0.3, 0.4) is 0 Å². The van der Waals surface area contributed by atoms with E-state index >= 15 is 0 Å². The minimum absolute atomic E-state index is 0.0899. The average molecular weight is 295 g/mol. The number of hydrogen-bond donors (Lipinski definition) is 1. The van der Waals surface area contributed by atoms with Crippen molar-refractivity contribution in [1.29, 1.82) is 0 Å². The summed E-state index contributed by atoms with van der Waals surface area (Å²) in [6.45, 7) is 4.08. The molecule has 0 aromatic carbocycles. The summed E-state index contributed by atoms with van der Waals surface area (Å²) in [4.78, 5) is 29.6. The fourth-order valence-electron chi connectivity index (χ4n) is 2.01. The molecule has 0 aliphatic carbocycles. The summed E-state index contributed by atoms with van der Waals surface area (Å²) in [5, 5.41) is 3.36. The molecule has 0 radical (unpaired) electrons. The first kappa shape index (κ1) is 14.7. The van der Waals surface area contributed by atoms with E-state index in [0.717, 1.165) is 0 Å². The van der Waals surface area contributed by atoms with Crippen molar-refractivity contribution in [3.8, 4) is 0 Å². The monoisotopic (exact) mass is 295 g/mol.